The molecule has 1 aliphatic rings. The maximum Gasteiger partial charge on any atom is 0.231 e. The third-order valence-electron chi connectivity index (χ3n) is 3.52. The van der Waals surface area contributed by atoms with Crippen molar-refractivity contribution in [1.29, 1.82) is 5.26 Å². The molecule has 2 aromatic carbocycles. The van der Waals surface area contributed by atoms with Crippen LogP contribution < -0.4 is 5.84 Å². The molecule has 2 aromatic rings. The van der Waals surface area contributed by atoms with Crippen LogP contribution in [0.3, 0.4) is 0 Å². The van der Waals surface area contributed by atoms with Gasteiger partial charge in [-0.3, -0.25) is 4.79 Å². The number of ketones is 1. The first-order valence-electron chi connectivity index (χ1n) is 6.83. The first-order valence-corrected chi connectivity index (χ1v) is 7.21. The van der Waals surface area contributed by atoms with E-state index in [1.54, 1.807) is 24.3 Å². The first-order chi connectivity index (χ1) is 11.1. The highest BCUT2D eigenvalue weighted by Crippen LogP contribution is 2.36. The molecule has 114 valence electrons. The molecule has 1 heterocycles. The van der Waals surface area contributed by atoms with Crippen LogP contribution in [0.2, 0.25) is 5.02 Å². The van der Waals surface area contributed by atoms with Gasteiger partial charge in [0.1, 0.15) is 17.7 Å². The van der Waals surface area contributed by atoms with E-state index in [9.17, 15) is 10.1 Å². The Hall–Kier alpha value is -2.65. The van der Waals surface area contributed by atoms with Crippen LogP contribution in [0.4, 0.5) is 0 Å². The maximum absolute atomic E-state index is 12.6. The standard InChI is InChI=1S/C17H12ClN3O2/c18-13-8-6-12(7-9-13)16(22)17-14(10-19)15(21(20)23-17)11-4-2-1-3-5-11/h1-9,15H,20H2. The van der Waals surface area contributed by atoms with Gasteiger partial charge in [0.2, 0.25) is 11.5 Å². The highest BCUT2D eigenvalue weighted by Gasteiger charge is 2.38. The normalized spacial score (nSPS) is 17.7. The lowest BCUT2D eigenvalue weighted by molar-refractivity contribution is -0.118. The monoisotopic (exact) mass is 325 g/mol. The second-order valence-electron chi connectivity index (χ2n) is 4.96. The number of Topliss-reactive ketones (excluding diaryl/α,β-unsaturated/α-hetero) is 1. The number of nitriles is 1. The highest BCUT2D eigenvalue weighted by molar-refractivity contribution is 6.30. The van der Waals surface area contributed by atoms with Crippen molar-refractivity contribution < 1.29 is 9.63 Å². The lowest BCUT2D eigenvalue weighted by Gasteiger charge is -2.17. The summed E-state index contributed by atoms with van der Waals surface area (Å²) < 4.78 is 0. The molecule has 0 aromatic heterocycles. The molecule has 0 spiro atoms. The van der Waals surface area contributed by atoms with Crippen molar-refractivity contribution in [3.05, 3.63) is 82.1 Å². The third kappa shape index (κ3) is 2.83. The smallest absolute Gasteiger partial charge is 0.231 e. The largest absolute Gasteiger partial charge is 0.385 e. The summed E-state index contributed by atoms with van der Waals surface area (Å²) in [5.41, 5.74) is 1.32. The minimum Gasteiger partial charge on any atom is -0.385 e. The van der Waals surface area contributed by atoms with Gasteiger partial charge < -0.3 is 4.84 Å². The number of hydrazine groups is 1. The number of hydroxylamine groups is 1. The average molecular weight is 326 g/mol. The van der Waals surface area contributed by atoms with Crippen LogP contribution in [0, 0.1) is 11.3 Å². The summed E-state index contributed by atoms with van der Waals surface area (Å²) in [5, 5.41) is 11.0. The third-order valence-corrected chi connectivity index (χ3v) is 3.77. The van der Waals surface area contributed by atoms with Gasteiger partial charge in [0.05, 0.1) is 0 Å². The second kappa shape index (κ2) is 6.23. The van der Waals surface area contributed by atoms with E-state index in [2.05, 4.69) is 0 Å². The second-order valence-corrected chi connectivity index (χ2v) is 5.39. The van der Waals surface area contributed by atoms with E-state index >= 15 is 0 Å². The lowest BCUT2D eigenvalue weighted by atomic mass is 9.97. The number of nitrogens with two attached hydrogens (primary N) is 1. The molecule has 0 aliphatic carbocycles. The van der Waals surface area contributed by atoms with E-state index in [1.807, 2.05) is 36.4 Å². The zero-order valence-electron chi connectivity index (χ0n) is 11.9. The van der Waals surface area contributed by atoms with Crippen LogP contribution in [-0.2, 0) is 4.84 Å². The summed E-state index contributed by atoms with van der Waals surface area (Å²) >= 11 is 5.82. The molecule has 3 rings (SSSR count). The Balaban J connectivity index is 2.02. The molecule has 0 saturated heterocycles. The van der Waals surface area contributed by atoms with E-state index in [0.717, 1.165) is 10.7 Å². The number of benzene rings is 2. The van der Waals surface area contributed by atoms with Crippen molar-refractivity contribution in [2.75, 3.05) is 0 Å². The molecular weight excluding hydrogens is 314 g/mol. The molecule has 5 nitrogen and oxygen atoms in total. The van der Waals surface area contributed by atoms with Crippen molar-refractivity contribution in [3.8, 4) is 6.07 Å². The van der Waals surface area contributed by atoms with Gasteiger partial charge in [-0.15, -0.1) is 0 Å². The zero-order chi connectivity index (χ0) is 16.4. The quantitative estimate of drug-likeness (QED) is 0.692. The first kappa shape index (κ1) is 15.3. The number of allylic oxidation sites excluding steroid dienone is 1. The van der Waals surface area contributed by atoms with Crippen LogP contribution in [0.15, 0.2) is 65.9 Å². The number of hydrogen-bond acceptors (Lipinski definition) is 5. The zero-order valence-corrected chi connectivity index (χ0v) is 12.7. The highest BCUT2D eigenvalue weighted by atomic mass is 35.5. The molecule has 6 heteroatoms. The topological polar surface area (TPSA) is 79.4 Å². The minimum absolute atomic E-state index is 0.0637. The summed E-state index contributed by atoms with van der Waals surface area (Å²) in [6, 6.07) is 16.9. The SMILES string of the molecule is N#CC1=C(C(=O)c2ccc(Cl)cc2)ON(N)C1c1ccccc1. The Bertz CT molecular complexity index is 810. The summed E-state index contributed by atoms with van der Waals surface area (Å²) in [7, 11) is 0. The van der Waals surface area contributed by atoms with Gasteiger partial charge in [0.15, 0.2) is 0 Å². The summed E-state index contributed by atoms with van der Waals surface area (Å²) in [6.07, 6.45) is 0. The fourth-order valence-corrected chi connectivity index (χ4v) is 2.54. The van der Waals surface area contributed by atoms with Gasteiger partial charge in [-0.05, 0) is 29.8 Å². The van der Waals surface area contributed by atoms with E-state index in [4.69, 9.17) is 22.3 Å². The van der Waals surface area contributed by atoms with Gasteiger partial charge in [0.25, 0.3) is 0 Å². The Morgan fingerprint density at radius 2 is 1.83 bits per heavy atom. The van der Waals surface area contributed by atoms with Gasteiger partial charge >= 0.3 is 0 Å². The van der Waals surface area contributed by atoms with Gasteiger partial charge in [-0.2, -0.15) is 5.26 Å². The van der Waals surface area contributed by atoms with Crippen molar-refractivity contribution in [3.63, 3.8) is 0 Å². The molecule has 0 radical (unpaired) electrons. The molecule has 0 bridgehead atoms. The fraction of sp³-hybridized carbons (Fsp3) is 0.0588. The van der Waals surface area contributed by atoms with Crippen molar-refractivity contribution in [2.45, 2.75) is 6.04 Å². The number of nitrogens with zero attached hydrogens (tertiary/aromatic N) is 2. The number of hydrogen-bond donors (Lipinski definition) is 1. The molecule has 1 unspecified atom stereocenters. The molecule has 2 N–H and O–H groups in total. The molecule has 0 amide bonds. The van der Waals surface area contributed by atoms with E-state index in [1.165, 1.54) is 0 Å². The van der Waals surface area contributed by atoms with Crippen molar-refractivity contribution in [1.82, 2.24) is 5.17 Å². The fourth-order valence-electron chi connectivity index (χ4n) is 2.42. The molecule has 1 atom stereocenters. The van der Waals surface area contributed by atoms with E-state index in [-0.39, 0.29) is 11.3 Å². The predicted molar refractivity (Wildman–Crippen MR) is 84.7 cm³/mol. The average Bonchev–Trinajstić information content (AvgIpc) is 2.92. The van der Waals surface area contributed by atoms with Gasteiger partial charge in [0, 0.05) is 10.6 Å². The van der Waals surface area contributed by atoms with Crippen molar-refractivity contribution >= 4 is 17.4 Å². The summed E-state index contributed by atoms with van der Waals surface area (Å²) in [6.45, 7) is 0. The van der Waals surface area contributed by atoms with Crippen LogP contribution in [0.1, 0.15) is 22.0 Å². The number of carbonyl (C=O) groups excluding carboxylic acids is 1. The number of halogens is 1. The Kier molecular flexibility index (Phi) is 4.13. The van der Waals surface area contributed by atoms with E-state index in [0.29, 0.717) is 10.6 Å². The Morgan fingerprint density at radius 1 is 1.17 bits per heavy atom. The molecule has 0 saturated carbocycles. The van der Waals surface area contributed by atoms with Crippen LogP contribution >= 0.6 is 11.6 Å². The van der Waals surface area contributed by atoms with Gasteiger partial charge in [-0.1, -0.05) is 47.1 Å². The molecular formula is C17H12ClN3O2. The minimum atomic E-state index is -0.618. The van der Waals surface area contributed by atoms with Crippen LogP contribution in [-0.4, -0.2) is 11.0 Å². The Labute approximate surface area is 138 Å². The molecule has 23 heavy (non-hydrogen) atoms. The lowest BCUT2D eigenvalue weighted by Crippen LogP contribution is -2.31. The summed E-state index contributed by atoms with van der Waals surface area (Å²) in [4.78, 5) is 18.0. The van der Waals surface area contributed by atoms with Gasteiger partial charge in [-0.25, -0.2) is 5.84 Å². The number of rotatable bonds is 3. The molecule has 1 aliphatic heterocycles. The predicted octanol–water partition coefficient (Wildman–Crippen LogP) is 3.16. The van der Waals surface area contributed by atoms with E-state index < -0.39 is 11.8 Å². The molecule has 0 fully saturated rings. The van der Waals surface area contributed by atoms with Crippen molar-refractivity contribution in [2.24, 2.45) is 5.84 Å². The van der Waals surface area contributed by atoms with Crippen LogP contribution in [0.5, 0.6) is 0 Å². The Morgan fingerprint density at radius 3 is 2.43 bits per heavy atom. The summed E-state index contributed by atoms with van der Waals surface area (Å²) in [5.74, 6) is 5.38. The maximum atomic E-state index is 12.6. The van der Waals surface area contributed by atoms with Crippen LogP contribution in [0.25, 0.3) is 0 Å². The number of carbonyl (C=O) groups is 1.